The molecule has 1 aromatic carbocycles. The van der Waals surface area contributed by atoms with E-state index in [0.717, 1.165) is 11.1 Å². The Balaban J connectivity index is 1.51. The third-order valence-electron chi connectivity index (χ3n) is 4.92. The van der Waals surface area contributed by atoms with E-state index < -0.39 is 0 Å². The van der Waals surface area contributed by atoms with Gasteiger partial charge in [0.05, 0.1) is 20.1 Å². The van der Waals surface area contributed by atoms with Crippen molar-refractivity contribution in [2.75, 3.05) is 27.3 Å². The maximum absolute atomic E-state index is 12.4. The average molecular weight is 383 g/mol. The number of amides is 2. The largest absolute Gasteiger partial charge is 0.493 e. The molecule has 1 fully saturated rings. The van der Waals surface area contributed by atoms with E-state index in [1.807, 2.05) is 30.3 Å². The van der Waals surface area contributed by atoms with Gasteiger partial charge in [-0.15, -0.1) is 0 Å². The Kier molecular flexibility index (Phi) is 6.47. The minimum atomic E-state index is -0.306. The molecule has 2 amide bonds. The molecule has 0 saturated carbocycles. The summed E-state index contributed by atoms with van der Waals surface area (Å²) in [6.45, 7) is 1.47. The molecule has 1 aliphatic rings. The van der Waals surface area contributed by atoms with Gasteiger partial charge in [0.1, 0.15) is 0 Å². The number of nitrogens with one attached hydrogen (secondary N) is 1. The lowest BCUT2D eigenvalue weighted by atomic mass is 10.1. The fourth-order valence-electron chi connectivity index (χ4n) is 3.30. The van der Waals surface area contributed by atoms with E-state index in [9.17, 15) is 9.59 Å². The van der Waals surface area contributed by atoms with Gasteiger partial charge in [-0.2, -0.15) is 0 Å². The number of rotatable bonds is 8. The van der Waals surface area contributed by atoms with Crippen LogP contribution in [-0.2, 0) is 22.6 Å². The molecular formula is C21H25N3O4. The predicted molar refractivity (Wildman–Crippen MR) is 104 cm³/mol. The standard InChI is InChI=1S/C21H25N3O4/c1-27-18-4-3-15(11-19(18)28-2)7-10-24-14-17(12-20(24)25)21(26)23-13-16-5-8-22-9-6-16/h3-6,8-9,11,17H,7,10,12-14H2,1-2H3,(H,23,26)/t17-/m0/s1. The first-order valence-electron chi connectivity index (χ1n) is 9.26. The Morgan fingerprint density at radius 1 is 1.14 bits per heavy atom. The van der Waals surface area contributed by atoms with Crippen LogP contribution in [0.15, 0.2) is 42.7 Å². The molecule has 1 N–H and O–H groups in total. The Labute approximate surface area is 164 Å². The zero-order valence-electron chi connectivity index (χ0n) is 16.2. The highest BCUT2D eigenvalue weighted by molar-refractivity contribution is 5.89. The third-order valence-corrected chi connectivity index (χ3v) is 4.92. The van der Waals surface area contributed by atoms with E-state index in [4.69, 9.17) is 9.47 Å². The molecule has 0 unspecified atom stereocenters. The summed E-state index contributed by atoms with van der Waals surface area (Å²) in [6, 6.07) is 9.44. The molecule has 1 aromatic heterocycles. The van der Waals surface area contributed by atoms with Gasteiger partial charge in [0, 0.05) is 38.4 Å². The van der Waals surface area contributed by atoms with Crippen molar-refractivity contribution in [2.24, 2.45) is 5.92 Å². The maximum Gasteiger partial charge on any atom is 0.225 e. The number of aromatic nitrogens is 1. The van der Waals surface area contributed by atoms with Crippen molar-refractivity contribution in [2.45, 2.75) is 19.4 Å². The molecule has 2 heterocycles. The van der Waals surface area contributed by atoms with Gasteiger partial charge in [-0.25, -0.2) is 0 Å². The van der Waals surface area contributed by atoms with E-state index in [2.05, 4.69) is 10.3 Å². The van der Waals surface area contributed by atoms with E-state index in [1.165, 1.54) is 0 Å². The number of nitrogens with zero attached hydrogens (tertiary/aromatic N) is 2. The molecule has 0 radical (unpaired) electrons. The molecule has 0 aliphatic carbocycles. The van der Waals surface area contributed by atoms with Gasteiger partial charge >= 0.3 is 0 Å². The van der Waals surface area contributed by atoms with Gasteiger partial charge in [-0.05, 0) is 41.8 Å². The molecule has 7 nitrogen and oxygen atoms in total. The molecular weight excluding hydrogens is 358 g/mol. The lowest BCUT2D eigenvalue weighted by Crippen LogP contribution is -2.33. The summed E-state index contributed by atoms with van der Waals surface area (Å²) in [4.78, 5) is 30.4. The Hall–Kier alpha value is -3.09. The summed E-state index contributed by atoms with van der Waals surface area (Å²) in [5, 5.41) is 2.91. The number of hydrogen-bond acceptors (Lipinski definition) is 5. The van der Waals surface area contributed by atoms with Crippen molar-refractivity contribution in [3.63, 3.8) is 0 Å². The molecule has 2 aromatic rings. The van der Waals surface area contributed by atoms with E-state index in [1.54, 1.807) is 31.5 Å². The number of pyridine rings is 1. The summed E-state index contributed by atoms with van der Waals surface area (Å²) < 4.78 is 10.6. The minimum Gasteiger partial charge on any atom is -0.493 e. The predicted octanol–water partition coefficient (Wildman–Crippen LogP) is 1.81. The molecule has 28 heavy (non-hydrogen) atoms. The van der Waals surface area contributed by atoms with Crippen LogP contribution >= 0.6 is 0 Å². The molecule has 3 rings (SSSR count). The van der Waals surface area contributed by atoms with Gasteiger partial charge in [-0.1, -0.05) is 6.07 Å². The number of hydrogen-bond donors (Lipinski definition) is 1. The van der Waals surface area contributed by atoms with Crippen molar-refractivity contribution in [1.29, 1.82) is 0 Å². The van der Waals surface area contributed by atoms with Gasteiger partial charge in [0.15, 0.2) is 11.5 Å². The van der Waals surface area contributed by atoms with Gasteiger partial charge < -0.3 is 19.7 Å². The number of benzene rings is 1. The highest BCUT2D eigenvalue weighted by Crippen LogP contribution is 2.28. The van der Waals surface area contributed by atoms with Crippen molar-refractivity contribution in [3.05, 3.63) is 53.9 Å². The van der Waals surface area contributed by atoms with Crippen LogP contribution in [0, 0.1) is 5.92 Å². The zero-order valence-corrected chi connectivity index (χ0v) is 16.2. The minimum absolute atomic E-state index is 0.0181. The van der Waals surface area contributed by atoms with Crippen molar-refractivity contribution >= 4 is 11.8 Å². The summed E-state index contributed by atoms with van der Waals surface area (Å²) in [6.07, 6.45) is 4.33. The normalized spacial score (nSPS) is 16.1. The molecule has 0 spiro atoms. The Morgan fingerprint density at radius 2 is 1.89 bits per heavy atom. The quantitative estimate of drug-likeness (QED) is 0.752. The lowest BCUT2D eigenvalue weighted by Gasteiger charge is -2.17. The van der Waals surface area contributed by atoms with E-state index in [-0.39, 0.29) is 24.2 Å². The summed E-state index contributed by atoms with van der Waals surface area (Å²) in [7, 11) is 3.20. The third kappa shape index (κ3) is 4.79. The lowest BCUT2D eigenvalue weighted by molar-refractivity contribution is -0.129. The van der Waals surface area contributed by atoms with Crippen LogP contribution in [0.2, 0.25) is 0 Å². The van der Waals surface area contributed by atoms with E-state index in [0.29, 0.717) is 37.6 Å². The number of carbonyl (C=O) groups excluding carboxylic acids is 2. The van der Waals surface area contributed by atoms with Crippen LogP contribution in [0.1, 0.15) is 17.5 Å². The molecule has 148 valence electrons. The summed E-state index contributed by atoms with van der Waals surface area (Å²) in [5.74, 6) is 0.971. The van der Waals surface area contributed by atoms with Crippen molar-refractivity contribution in [1.82, 2.24) is 15.2 Å². The highest BCUT2D eigenvalue weighted by Gasteiger charge is 2.33. The highest BCUT2D eigenvalue weighted by atomic mass is 16.5. The first-order chi connectivity index (χ1) is 13.6. The fraction of sp³-hybridized carbons (Fsp3) is 0.381. The average Bonchev–Trinajstić information content (AvgIpc) is 3.11. The number of carbonyl (C=O) groups is 2. The van der Waals surface area contributed by atoms with Crippen LogP contribution in [0.4, 0.5) is 0 Å². The number of likely N-dealkylation sites (tertiary alicyclic amines) is 1. The second-order valence-corrected chi connectivity index (χ2v) is 6.75. The second-order valence-electron chi connectivity index (χ2n) is 6.75. The first-order valence-corrected chi connectivity index (χ1v) is 9.26. The summed E-state index contributed by atoms with van der Waals surface area (Å²) >= 11 is 0. The van der Waals surface area contributed by atoms with Crippen LogP contribution in [0.3, 0.4) is 0 Å². The molecule has 1 atom stereocenters. The Bertz CT molecular complexity index is 826. The number of methoxy groups -OCH3 is 2. The topological polar surface area (TPSA) is 80.8 Å². The maximum atomic E-state index is 12.4. The molecule has 0 bridgehead atoms. The smallest absolute Gasteiger partial charge is 0.225 e. The van der Waals surface area contributed by atoms with Gasteiger partial charge in [0.2, 0.25) is 11.8 Å². The van der Waals surface area contributed by atoms with Crippen LogP contribution < -0.4 is 14.8 Å². The second kappa shape index (κ2) is 9.21. The van der Waals surface area contributed by atoms with Gasteiger partial charge in [-0.3, -0.25) is 14.6 Å². The molecule has 1 aliphatic heterocycles. The van der Waals surface area contributed by atoms with Crippen LogP contribution in [-0.4, -0.2) is 49.0 Å². The zero-order chi connectivity index (χ0) is 19.9. The Morgan fingerprint density at radius 3 is 2.61 bits per heavy atom. The van der Waals surface area contributed by atoms with E-state index >= 15 is 0 Å². The summed E-state index contributed by atoms with van der Waals surface area (Å²) in [5.41, 5.74) is 2.04. The number of ether oxygens (including phenoxy) is 2. The molecule has 1 saturated heterocycles. The van der Waals surface area contributed by atoms with Crippen LogP contribution in [0.25, 0.3) is 0 Å². The van der Waals surface area contributed by atoms with Gasteiger partial charge in [0.25, 0.3) is 0 Å². The van der Waals surface area contributed by atoms with Crippen molar-refractivity contribution in [3.8, 4) is 11.5 Å². The fourth-order valence-corrected chi connectivity index (χ4v) is 3.30. The SMILES string of the molecule is COc1ccc(CCN2C[C@@H](C(=O)NCc3ccncc3)CC2=O)cc1OC. The monoisotopic (exact) mass is 383 g/mol. The van der Waals surface area contributed by atoms with Crippen LogP contribution in [0.5, 0.6) is 11.5 Å². The molecule has 7 heteroatoms. The first kappa shape index (κ1) is 19.7. The van der Waals surface area contributed by atoms with Crippen molar-refractivity contribution < 1.29 is 19.1 Å².